The summed E-state index contributed by atoms with van der Waals surface area (Å²) in [5.74, 6) is 0.695. The van der Waals surface area contributed by atoms with Gasteiger partial charge < -0.3 is 24.3 Å². The van der Waals surface area contributed by atoms with E-state index in [4.69, 9.17) is 14.3 Å². The Labute approximate surface area is 193 Å². The molecule has 0 radical (unpaired) electrons. The number of piperidine rings is 1. The molecule has 1 aliphatic heterocycles. The van der Waals surface area contributed by atoms with Crippen LogP contribution in [0.3, 0.4) is 0 Å². The fourth-order valence-corrected chi connectivity index (χ4v) is 4.10. The van der Waals surface area contributed by atoms with Crippen molar-refractivity contribution in [1.82, 2.24) is 14.6 Å². The first-order valence-corrected chi connectivity index (χ1v) is 11.5. The molecule has 1 aromatic carbocycles. The quantitative estimate of drug-likeness (QED) is 0.473. The maximum absolute atomic E-state index is 12.4. The largest absolute Gasteiger partial charge is 0.477 e. The zero-order valence-electron chi connectivity index (χ0n) is 18.9. The lowest BCUT2D eigenvalue weighted by Gasteiger charge is -2.32. The highest BCUT2D eigenvalue weighted by Gasteiger charge is 2.23. The third-order valence-corrected chi connectivity index (χ3v) is 5.83. The summed E-state index contributed by atoms with van der Waals surface area (Å²) < 4.78 is 12.4. The Kier molecular flexibility index (Phi) is 7.80. The number of likely N-dealkylation sites (tertiary alicyclic amines) is 1. The average molecular weight is 454 g/mol. The van der Waals surface area contributed by atoms with E-state index in [9.17, 15) is 9.90 Å². The lowest BCUT2D eigenvalue weighted by atomic mass is 9.97. The van der Waals surface area contributed by atoms with Crippen molar-refractivity contribution in [2.75, 3.05) is 39.5 Å². The van der Waals surface area contributed by atoms with E-state index < -0.39 is 12.1 Å². The van der Waals surface area contributed by atoms with Crippen molar-refractivity contribution in [3.63, 3.8) is 0 Å². The number of benzene rings is 1. The van der Waals surface area contributed by atoms with E-state index in [-0.39, 0.29) is 13.2 Å². The first kappa shape index (κ1) is 23.1. The van der Waals surface area contributed by atoms with Gasteiger partial charge in [0.15, 0.2) is 5.69 Å². The molecule has 0 bridgehead atoms. The average Bonchev–Trinajstić information content (AvgIpc) is 3.22. The molecular formula is C25H31N3O5. The van der Waals surface area contributed by atoms with Crippen molar-refractivity contribution >= 4 is 16.9 Å². The van der Waals surface area contributed by atoms with Gasteiger partial charge in [0.2, 0.25) is 5.88 Å². The summed E-state index contributed by atoms with van der Waals surface area (Å²) >= 11 is 0. The molecule has 4 rings (SSSR count). The molecule has 2 aromatic heterocycles. The standard InChI is InChI=1S/C25H31N3O5/c1-2-31-25(30)23-15-20-7-3-4-8-22(20)28(23)33-18-21(29)16-27-13-10-19(11-14-27)17-32-24-9-5-6-12-26-24/h3-9,12,15,19,21,29H,2,10-11,13-14,16-18H2,1H3. The number of β-amino-alcohol motifs (C(OH)–C–C–N with tert-alkyl or cyclic N) is 1. The predicted molar refractivity (Wildman–Crippen MR) is 124 cm³/mol. The van der Waals surface area contributed by atoms with Crippen molar-refractivity contribution in [3.05, 3.63) is 60.4 Å². The van der Waals surface area contributed by atoms with E-state index in [1.54, 1.807) is 19.2 Å². The van der Waals surface area contributed by atoms with Crippen LogP contribution in [0.5, 0.6) is 5.88 Å². The molecule has 0 aliphatic carbocycles. The van der Waals surface area contributed by atoms with Gasteiger partial charge in [-0.15, -0.1) is 0 Å². The highest BCUT2D eigenvalue weighted by atomic mass is 16.7. The number of hydrogen-bond donors (Lipinski definition) is 1. The van der Waals surface area contributed by atoms with Gasteiger partial charge in [-0.1, -0.05) is 24.3 Å². The summed E-state index contributed by atoms with van der Waals surface area (Å²) in [4.78, 5) is 24.7. The number of aromatic nitrogens is 2. The van der Waals surface area contributed by atoms with E-state index in [0.717, 1.165) is 36.8 Å². The Balaban J connectivity index is 1.26. The van der Waals surface area contributed by atoms with Crippen LogP contribution in [0.25, 0.3) is 10.9 Å². The van der Waals surface area contributed by atoms with Crippen LogP contribution < -0.4 is 9.57 Å². The van der Waals surface area contributed by atoms with Crippen LogP contribution in [0.4, 0.5) is 0 Å². The SMILES string of the molecule is CCOC(=O)c1cc2ccccc2n1OCC(O)CN1CCC(COc2ccccn2)CC1. The Morgan fingerprint density at radius 1 is 1.18 bits per heavy atom. The monoisotopic (exact) mass is 453 g/mol. The number of pyridine rings is 1. The number of carbonyl (C=O) groups is 1. The van der Waals surface area contributed by atoms with Gasteiger partial charge in [0.25, 0.3) is 0 Å². The second-order valence-corrected chi connectivity index (χ2v) is 8.28. The third-order valence-electron chi connectivity index (χ3n) is 5.83. The number of nitrogens with zero attached hydrogens (tertiary/aromatic N) is 3. The van der Waals surface area contributed by atoms with Crippen LogP contribution in [-0.4, -0.2) is 71.2 Å². The molecule has 8 nitrogen and oxygen atoms in total. The lowest BCUT2D eigenvalue weighted by Crippen LogP contribution is -2.42. The molecule has 3 heterocycles. The molecule has 1 atom stereocenters. The highest BCUT2D eigenvalue weighted by Crippen LogP contribution is 2.21. The summed E-state index contributed by atoms with van der Waals surface area (Å²) in [6, 6.07) is 15.0. The summed E-state index contributed by atoms with van der Waals surface area (Å²) in [6.45, 7) is 5.10. The van der Waals surface area contributed by atoms with E-state index in [1.807, 2.05) is 42.5 Å². The Bertz CT molecular complexity index is 1030. The normalized spacial score (nSPS) is 15.9. The first-order chi connectivity index (χ1) is 16.1. The van der Waals surface area contributed by atoms with Gasteiger partial charge in [0.05, 0.1) is 18.7 Å². The smallest absolute Gasteiger partial charge is 0.358 e. The summed E-state index contributed by atoms with van der Waals surface area (Å²) in [7, 11) is 0. The number of rotatable bonds is 10. The second kappa shape index (κ2) is 11.2. The molecule has 1 N–H and O–H groups in total. The zero-order chi connectivity index (χ0) is 23.0. The fourth-order valence-electron chi connectivity index (χ4n) is 4.10. The predicted octanol–water partition coefficient (Wildman–Crippen LogP) is 2.79. The maximum atomic E-state index is 12.4. The molecule has 1 aliphatic rings. The van der Waals surface area contributed by atoms with Crippen LogP contribution in [-0.2, 0) is 4.74 Å². The minimum Gasteiger partial charge on any atom is -0.477 e. The number of fused-ring (bicyclic) bond motifs is 1. The van der Waals surface area contributed by atoms with Gasteiger partial charge in [-0.2, -0.15) is 4.73 Å². The highest BCUT2D eigenvalue weighted by molar-refractivity contribution is 5.95. The second-order valence-electron chi connectivity index (χ2n) is 8.28. The Hall–Kier alpha value is -3.10. The molecule has 0 amide bonds. The van der Waals surface area contributed by atoms with E-state index in [0.29, 0.717) is 30.6 Å². The third kappa shape index (κ3) is 6.03. The van der Waals surface area contributed by atoms with Crippen LogP contribution in [0, 0.1) is 5.92 Å². The number of hydrogen-bond acceptors (Lipinski definition) is 7. The van der Waals surface area contributed by atoms with Crippen molar-refractivity contribution < 1.29 is 24.2 Å². The van der Waals surface area contributed by atoms with Crippen LogP contribution in [0.1, 0.15) is 30.3 Å². The van der Waals surface area contributed by atoms with E-state index in [2.05, 4.69) is 9.88 Å². The molecule has 1 fully saturated rings. The van der Waals surface area contributed by atoms with Crippen molar-refractivity contribution in [1.29, 1.82) is 0 Å². The topological polar surface area (TPSA) is 86.0 Å². The van der Waals surface area contributed by atoms with Gasteiger partial charge in [-0.05, 0) is 57.0 Å². The summed E-state index contributed by atoms with van der Waals surface area (Å²) in [5, 5.41) is 11.5. The minimum atomic E-state index is -0.678. The molecule has 1 unspecified atom stereocenters. The minimum absolute atomic E-state index is 0.0772. The Morgan fingerprint density at radius 3 is 2.73 bits per heavy atom. The lowest BCUT2D eigenvalue weighted by molar-refractivity contribution is 0.00140. The molecule has 8 heteroatoms. The maximum Gasteiger partial charge on any atom is 0.358 e. The number of esters is 1. The van der Waals surface area contributed by atoms with E-state index in [1.165, 1.54) is 4.73 Å². The fraction of sp³-hybridized carbons (Fsp3) is 0.440. The Morgan fingerprint density at radius 2 is 1.97 bits per heavy atom. The van der Waals surface area contributed by atoms with Crippen molar-refractivity contribution in [3.8, 4) is 5.88 Å². The zero-order valence-corrected chi connectivity index (χ0v) is 18.9. The number of para-hydroxylation sites is 1. The van der Waals surface area contributed by atoms with Crippen molar-refractivity contribution in [2.24, 2.45) is 5.92 Å². The number of ether oxygens (including phenoxy) is 2. The van der Waals surface area contributed by atoms with Gasteiger partial charge in [0.1, 0.15) is 12.7 Å². The summed E-state index contributed by atoms with van der Waals surface area (Å²) in [5.41, 5.74) is 1.08. The van der Waals surface area contributed by atoms with Gasteiger partial charge in [-0.3, -0.25) is 0 Å². The van der Waals surface area contributed by atoms with Crippen molar-refractivity contribution in [2.45, 2.75) is 25.9 Å². The molecule has 3 aromatic rings. The first-order valence-electron chi connectivity index (χ1n) is 11.5. The number of carbonyl (C=O) groups excluding carboxylic acids is 1. The van der Waals surface area contributed by atoms with Gasteiger partial charge in [-0.25, -0.2) is 9.78 Å². The van der Waals surface area contributed by atoms with E-state index >= 15 is 0 Å². The van der Waals surface area contributed by atoms with Gasteiger partial charge in [0, 0.05) is 24.2 Å². The van der Waals surface area contributed by atoms with Crippen LogP contribution in [0.2, 0.25) is 0 Å². The number of aliphatic hydroxyl groups excluding tert-OH is 1. The molecular weight excluding hydrogens is 422 g/mol. The van der Waals surface area contributed by atoms with Gasteiger partial charge >= 0.3 is 5.97 Å². The molecule has 0 saturated carbocycles. The molecule has 0 spiro atoms. The number of aliphatic hydroxyl groups is 1. The van der Waals surface area contributed by atoms with Crippen LogP contribution in [0.15, 0.2) is 54.7 Å². The molecule has 176 valence electrons. The molecule has 1 saturated heterocycles. The summed E-state index contributed by atoms with van der Waals surface area (Å²) in [6.07, 6.45) is 3.07. The van der Waals surface area contributed by atoms with Crippen LogP contribution >= 0.6 is 0 Å². The molecule has 33 heavy (non-hydrogen) atoms.